The van der Waals surface area contributed by atoms with E-state index in [1.807, 2.05) is 6.07 Å². The third-order valence-electron chi connectivity index (χ3n) is 3.43. The predicted molar refractivity (Wildman–Crippen MR) is 68.5 cm³/mol. The van der Waals surface area contributed by atoms with Gasteiger partial charge in [0.15, 0.2) is 11.5 Å². The first-order valence-corrected chi connectivity index (χ1v) is 6.35. The van der Waals surface area contributed by atoms with E-state index in [0.29, 0.717) is 11.5 Å². The van der Waals surface area contributed by atoms with Crippen molar-refractivity contribution in [2.45, 2.75) is 32.7 Å². The van der Waals surface area contributed by atoms with E-state index in [2.05, 4.69) is 17.9 Å². The Kier molecular flexibility index (Phi) is 3.89. The third kappa shape index (κ3) is 2.72. The first-order valence-electron chi connectivity index (χ1n) is 6.35. The molecule has 0 atom stereocenters. The van der Waals surface area contributed by atoms with Gasteiger partial charge in [0, 0.05) is 12.1 Å². The summed E-state index contributed by atoms with van der Waals surface area (Å²) in [5.74, 6) is 0.898. The Morgan fingerprint density at radius 3 is 2.59 bits per heavy atom. The molecule has 1 fully saturated rings. The summed E-state index contributed by atoms with van der Waals surface area (Å²) in [5.41, 5.74) is 2.21. The summed E-state index contributed by atoms with van der Waals surface area (Å²) in [5, 5.41) is 10.1. The highest BCUT2D eigenvalue weighted by atomic mass is 16.5. The smallest absolute Gasteiger partial charge is 0.162 e. The van der Waals surface area contributed by atoms with Crippen LogP contribution in [0.5, 0.6) is 11.5 Å². The Morgan fingerprint density at radius 1 is 1.29 bits per heavy atom. The van der Waals surface area contributed by atoms with E-state index >= 15 is 0 Å². The van der Waals surface area contributed by atoms with Crippen molar-refractivity contribution in [2.24, 2.45) is 0 Å². The molecule has 0 spiro atoms. The van der Waals surface area contributed by atoms with Gasteiger partial charge in [0.2, 0.25) is 0 Å². The third-order valence-corrected chi connectivity index (χ3v) is 3.43. The van der Waals surface area contributed by atoms with Crippen molar-refractivity contribution >= 4 is 0 Å². The number of aromatic hydroxyl groups is 1. The number of aryl methyl sites for hydroxylation is 1. The molecule has 0 unspecified atom stereocenters. The summed E-state index contributed by atoms with van der Waals surface area (Å²) < 4.78 is 5.22. The molecule has 2 rings (SSSR count). The van der Waals surface area contributed by atoms with Gasteiger partial charge in [-0.2, -0.15) is 0 Å². The minimum Gasteiger partial charge on any atom is -0.504 e. The van der Waals surface area contributed by atoms with Crippen molar-refractivity contribution in [1.82, 2.24) is 4.90 Å². The highest BCUT2D eigenvalue weighted by Gasteiger charge is 2.16. The topological polar surface area (TPSA) is 32.7 Å². The van der Waals surface area contributed by atoms with Gasteiger partial charge in [-0.25, -0.2) is 0 Å². The maximum atomic E-state index is 10.1. The monoisotopic (exact) mass is 235 g/mol. The number of phenolic OH excluding ortho intramolecular Hbond substituents is 1. The first kappa shape index (κ1) is 12.2. The molecule has 1 saturated heterocycles. The number of ether oxygens (including phenoxy) is 1. The second kappa shape index (κ2) is 5.41. The molecule has 1 aromatic rings. The summed E-state index contributed by atoms with van der Waals surface area (Å²) in [6.45, 7) is 5.22. The Morgan fingerprint density at radius 2 is 2.00 bits per heavy atom. The average Bonchev–Trinajstić information content (AvgIpc) is 2.84. The van der Waals surface area contributed by atoms with E-state index in [9.17, 15) is 5.11 Å². The molecule has 0 radical (unpaired) electrons. The fourth-order valence-corrected chi connectivity index (χ4v) is 2.39. The molecule has 3 heteroatoms. The van der Waals surface area contributed by atoms with E-state index < -0.39 is 0 Å². The summed E-state index contributed by atoms with van der Waals surface area (Å²) in [6.07, 6.45) is 3.50. The van der Waals surface area contributed by atoms with Crippen LogP contribution in [0.15, 0.2) is 12.1 Å². The Hall–Kier alpha value is -1.22. The lowest BCUT2D eigenvalue weighted by Gasteiger charge is -2.17. The van der Waals surface area contributed by atoms with Crippen LogP contribution in [0.4, 0.5) is 0 Å². The fourth-order valence-electron chi connectivity index (χ4n) is 2.39. The van der Waals surface area contributed by atoms with Gasteiger partial charge in [-0.1, -0.05) is 13.0 Å². The zero-order valence-electron chi connectivity index (χ0n) is 10.7. The molecule has 94 valence electrons. The molecule has 0 aliphatic carbocycles. The second-order valence-corrected chi connectivity index (χ2v) is 4.64. The number of likely N-dealkylation sites (tertiary alicyclic amines) is 1. The Bertz CT molecular complexity index is 384. The summed E-state index contributed by atoms with van der Waals surface area (Å²) >= 11 is 0. The van der Waals surface area contributed by atoms with Crippen molar-refractivity contribution in [3.63, 3.8) is 0 Å². The maximum absolute atomic E-state index is 10.1. The van der Waals surface area contributed by atoms with Crippen LogP contribution in [0.25, 0.3) is 0 Å². The fraction of sp³-hybridized carbons (Fsp3) is 0.571. The number of rotatable bonds is 4. The van der Waals surface area contributed by atoms with Gasteiger partial charge < -0.3 is 9.84 Å². The zero-order valence-corrected chi connectivity index (χ0v) is 10.7. The van der Waals surface area contributed by atoms with Gasteiger partial charge in [-0.05, 0) is 44.0 Å². The number of methoxy groups -OCH3 is 1. The first-order chi connectivity index (χ1) is 8.24. The molecule has 1 heterocycles. The molecule has 0 amide bonds. The largest absolute Gasteiger partial charge is 0.504 e. The van der Waals surface area contributed by atoms with Crippen LogP contribution in [0, 0.1) is 0 Å². The minimum atomic E-state index is 0.302. The number of phenols is 1. The molecule has 0 bridgehead atoms. The molecule has 17 heavy (non-hydrogen) atoms. The van der Waals surface area contributed by atoms with Crippen LogP contribution in [-0.2, 0) is 13.0 Å². The highest BCUT2D eigenvalue weighted by Crippen LogP contribution is 2.33. The van der Waals surface area contributed by atoms with Gasteiger partial charge >= 0.3 is 0 Å². The standard InChI is InChI=1S/C14H21NO2/c1-3-11-8-12(10-15-6-4-5-7-15)14(16)13(9-11)17-2/h8-9,16H,3-7,10H2,1-2H3. The maximum Gasteiger partial charge on any atom is 0.162 e. The van der Waals surface area contributed by atoms with Gasteiger partial charge in [-0.3, -0.25) is 4.90 Å². The van der Waals surface area contributed by atoms with Crippen molar-refractivity contribution in [3.05, 3.63) is 23.3 Å². The second-order valence-electron chi connectivity index (χ2n) is 4.64. The molecule has 0 saturated carbocycles. The van der Waals surface area contributed by atoms with Crippen LogP contribution in [0.3, 0.4) is 0 Å². The van der Waals surface area contributed by atoms with Crippen LogP contribution in [0.1, 0.15) is 30.9 Å². The van der Waals surface area contributed by atoms with Crippen LogP contribution >= 0.6 is 0 Å². The number of nitrogens with zero attached hydrogens (tertiary/aromatic N) is 1. The normalized spacial score (nSPS) is 16.4. The average molecular weight is 235 g/mol. The van der Waals surface area contributed by atoms with E-state index in [0.717, 1.165) is 31.6 Å². The number of hydrogen-bond acceptors (Lipinski definition) is 3. The molecule has 1 aromatic carbocycles. The lowest BCUT2D eigenvalue weighted by atomic mass is 10.1. The zero-order chi connectivity index (χ0) is 12.3. The van der Waals surface area contributed by atoms with E-state index in [1.165, 1.54) is 18.4 Å². The SMILES string of the molecule is CCc1cc(CN2CCCC2)c(O)c(OC)c1. The van der Waals surface area contributed by atoms with Gasteiger partial charge in [0.05, 0.1) is 7.11 Å². The molecule has 1 N–H and O–H groups in total. The Labute approximate surface area is 103 Å². The molecular formula is C14H21NO2. The number of benzene rings is 1. The quantitative estimate of drug-likeness (QED) is 0.870. The summed E-state index contributed by atoms with van der Waals surface area (Å²) in [6, 6.07) is 4.01. The summed E-state index contributed by atoms with van der Waals surface area (Å²) in [7, 11) is 1.61. The van der Waals surface area contributed by atoms with Crippen LogP contribution in [-0.4, -0.2) is 30.2 Å². The molecule has 0 aromatic heterocycles. The lowest BCUT2D eigenvalue weighted by Crippen LogP contribution is -2.18. The van der Waals surface area contributed by atoms with Gasteiger partial charge in [0.1, 0.15) is 0 Å². The van der Waals surface area contributed by atoms with Crippen molar-refractivity contribution < 1.29 is 9.84 Å². The van der Waals surface area contributed by atoms with E-state index in [1.54, 1.807) is 7.11 Å². The van der Waals surface area contributed by atoms with Gasteiger partial charge in [-0.15, -0.1) is 0 Å². The predicted octanol–water partition coefficient (Wildman–Crippen LogP) is 2.56. The molecule has 3 nitrogen and oxygen atoms in total. The lowest BCUT2D eigenvalue weighted by molar-refractivity contribution is 0.317. The highest BCUT2D eigenvalue weighted by molar-refractivity contribution is 5.48. The van der Waals surface area contributed by atoms with Crippen molar-refractivity contribution in [1.29, 1.82) is 0 Å². The van der Waals surface area contributed by atoms with Crippen LogP contribution in [0.2, 0.25) is 0 Å². The van der Waals surface area contributed by atoms with Crippen molar-refractivity contribution in [2.75, 3.05) is 20.2 Å². The minimum absolute atomic E-state index is 0.302. The van der Waals surface area contributed by atoms with Gasteiger partial charge in [0.25, 0.3) is 0 Å². The van der Waals surface area contributed by atoms with E-state index in [4.69, 9.17) is 4.74 Å². The molecule has 1 aliphatic rings. The van der Waals surface area contributed by atoms with Crippen LogP contribution < -0.4 is 4.74 Å². The van der Waals surface area contributed by atoms with Crippen molar-refractivity contribution in [3.8, 4) is 11.5 Å². The Balaban J connectivity index is 2.24. The van der Waals surface area contributed by atoms with E-state index in [-0.39, 0.29) is 0 Å². The summed E-state index contributed by atoms with van der Waals surface area (Å²) in [4.78, 5) is 2.38. The molecule has 1 aliphatic heterocycles. The molecular weight excluding hydrogens is 214 g/mol. The number of hydrogen-bond donors (Lipinski definition) is 1.